The van der Waals surface area contributed by atoms with Gasteiger partial charge in [0.15, 0.2) is 0 Å². The second kappa shape index (κ2) is 19.5. The highest BCUT2D eigenvalue weighted by molar-refractivity contribution is 5.86. The molecule has 20 aliphatic rings. The van der Waals surface area contributed by atoms with Gasteiger partial charge >= 0.3 is 0 Å². The lowest BCUT2D eigenvalue weighted by Crippen LogP contribution is -2.50. The summed E-state index contributed by atoms with van der Waals surface area (Å²) in [6, 6.07) is 22.7. The molecule has 8 nitrogen and oxygen atoms in total. The first-order chi connectivity index (χ1) is 36.9. The first kappa shape index (κ1) is 48.6. The van der Waals surface area contributed by atoms with Crippen LogP contribution >= 0.6 is 0 Å². The average Bonchev–Trinajstić information content (AvgIpc) is 3.48. The van der Waals surface area contributed by atoms with E-state index in [0.717, 1.165) is 138 Å². The van der Waals surface area contributed by atoms with Crippen LogP contribution in [0.2, 0.25) is 0 Å². The van der Waals surface area contributed by atoms with Gasteiger partial charge in [0.05, 0.1) is 24.2 Å². The van der Waals surface area contributed by atoms with Gasteiger partial charge in [0.1, 0.15) is 23.0 Å². The smallest absolute Gasteiger partial charge is 0.125 e. The lowest BCUT2D eigenvalue weighted by Gasteiger charge is -2.58. The summed E-state index contributed by atoms with van der Waals surface area (Å²) in [5, 5.41) is 45.1. The number of phenolic OH excluding ortho intramolecular Hbond substituents is 4. The molecule has 16 bridgehead atoms. The van der Waals surface area contributed by atoms with Gasteiger partial charge in [-0.1, -0.05) is 73.0 Å². The summed E-state index contributed by atoms with van der Waals surface area (Å²) in [6.07, 6.45) is 28.2. The lowest BCUT2D eigenvalue weighted by atomic mass is 9.44. The van der Waals surface area contributed by atoms with E-state index in [9.17, 15) is 20.4 Å². The second-order valence-electron chi connectivity index (χ2n) is 25.1. The zero-order chi connectivity index (χ0) is 51.5. The molecular formula is C68H68N4O4. The molecule has 4 spiro atoms. The largest absolute Gasteiger partial charge is 0.507 e. The van der Waals surface area contributed by atoms with Crippen LogP contribution < -0.4 is 0 Å². The lowest BCUT2D eigenvalue weighted by molar-refractivity contribution is -0.0525. The molecule has 4 atom stereocenters. The molecule has 4 aromatic carbocycles. The predicted molar refractivity (Wildman–Crippen MR) is 301 cm³/mol. The Balaban J connectivity index is 0.802. The monoisotopic (exact) mass is 1000 g/mol. The van der Waals surface area contributed by atoms with Crippen molar-refractivity contribution in [3.8, 4) is 70.4 Å². The number of aliphatic imine (C=N–C) groups is 4. The average molecular weight is 1010 g/mol. The van der Waals surface area contributed by atoms with Crippen molar-refractivity contribution in [3.63, 3.8) is 0 Å². The van der Waals surface area contributed by atoms with Gasteiger partial charge in [-0.3, -0.25) is 20.0 Å². The van der Waals surface area contributed by atoms with Crippen molar-refractivity contribution in [2.75, 3.05) is 0 Å². The molecule has 10 saturated carbocycles. The third-order valence-corrected chi connectivity index (χ3v) is 19.1. The van der Waals surface area contributed by atoms with Crippen LogP contribution in [0.15, 0.2) is 92.8 Å². The molecule has 0 amide bonds. The van der Waals surface area contributed by atoms with Gasteiger partial charge in [-0.25, -0.2) is 0 Å². The molecule has 0 unspecified atom stereocenters. The number of aromatic hydroxyl groups is 4. The number of hydrogen-bond acceptors (Lipinski definition) is 8. The minimum atomic E-state index is -0.105. The van der Waals surface area contributed by atoms with E-state index in [1.165, 1.54) is 12.8 Å². The Morgan fingerprint density at radius 2 is 0.579 bits per heavy atom. The summed E-state index contributed by atoms with van der Waals surface area (Å²) in [4.78, 5) is 20.0. The van der Waals surface area contributed by atoms with Gasteiger partial charge in [0, 0.05) is 91.0 Å². The van der Waals surface area contributed by atoms with E-state index in [1.807, 2.05) is 48.5 Å². The summed E-state index contributed by atoms with van der Waals surface area (Å²) >= 11 is 0. The van der Waals surface area contributed by atoms with E-state index < -0.39 is 0 Å². The number of phenols is 4. The summed E-state index contributed by atoms with van der Waals surface area (Å²) < 4.78 is 0. The van der Waals surface area contributed by atoms with E-state index in [2.05, 4.69) is 47.4 Å². The van der Waals surface area contributed by atoms with Gasteiger partial charge in [0.2, 0.25) is 0 Å². The van der Waals surface area contributed by atoms with Crippen molar-refractivity contribution in [1.29, 1.82) is 0 Å². The zero-order valence-corrected chi connectivity index (χ0v) is 43.6. The van der Waals surface area contributed by atoms with E-state index in [0.29, 0.717) is 45.9 Å². The van der Waals surface area contributed by atoms with Crippen molar-refractivity contribution in [1.82, 2.24) is 0 Å². The first-order valence-corrected chi connectivity index (χ1v) is 28.5. The second-order valence-corrected chi connectivity index (χ2v) is 25.1. The van der Waals surface area contributed by atoms with Gasteiger partial charge < -0.3 is 20.4 Å². The van der Waals surface area contributed by atoms with Crippen LogP contribution in [-0.2, 0) is 0 Å². The minimum absolute atomic E-state index is 0.0308. The normalized spacial score (nSPS) is 34.5. The Morgan fingerprint density at radius 3 is 0.803 bits per heavy atom. The highest BCUT2D eigenvalue weighted by Gasteiger charge is 2.58. The van der Waals surface area contributed by atoms with E-state index >= 15 is 0 Å². The summed E-state index contributed by atoms with van der Waals surface area (Å²) in [5.74, 6) is 32.2. The van der Waals surface area contributed by atoms with Gasteiger partial charge in [-0.2, -0.15) is 0 Å². The van der Waals surface area contributed by atoms with Gasteiger partial charge in [-0.15, -0.1) is 0 Å². The molecule has 0 saturated heterocycles. The molecule has 0 radical (unpaired) electrons. The van der Waals surface area contributed by atoms with Crippen LogP contribution in [0.25, 0.3) is 0 Å². The third kappa shape index (κ3) is 9.98. The van der Waals surface area contributed by atoms with Crippen LogP contribution in [0, 0.1) is 92.7 Å². The van der Waals surface area contributed by atoms with E-state index in [-0.39, 0.29) is 68.8 Å². The van der Waals surface area contributed by atoms with Crippen LogP contribution in [-0.4, -0.2) is 69.5 Å². The first-order valence-electron chi connectivity index (χ1n) is 28.5. The van der Waals surface area contributed by atoms with Crippen LogP contribution in [0.4, 0.5) is 0 Å². The Morgan fingerprint density at radius 1 is 0.342 bits per heavy atom. The fraction of sp³-hybridized carbons (Fsp3) is 0.471. The Labute approximate surface area is 448 Å². The van der Waals surface area contributed by atoms with Gasteiger partial charge in [0.25, 0.3) is 0 Å². The topological polar surface area (TPSA) is 130 Å². The van der Waals surface area contributed by atoms with Crippen LogP contribution in [0.3, 0.4) is 0 Å². The molecule has 76 heavy (non-hydrogen) atoms. The molecule has 10 fully saturated rings. The molecule has 10 heterocycles. The fourth-order valence-electron chi connectivity index (χ4n) is 16.4. The SMILES string of the molecule is Oc1cc2ccc1C=N[C@@H]1CCCC[C@H]1N=Cc1ccc(cc1O)C#CC13CC4CC(C1)CC(C#Cc1ccc(c(O)c1)C=N[C@@H]1CCCC[C@H]1N=Cc1ccc(cc1O)C#CC15CC6CC(CC(C#C2)(C6)C1)C5)(C4)C3. The Hall–Kier alpha value is -7.00. The van der Waals surface area contributed by atoms with Crippen molar-refractivity contribution in [2.24, 2.45) is 65.3 Å². The third-order valence-electron chi connectivity index (χ3n) is 19.1. The fourth-order valence-corrected chi connectivity index (χ4v) is 16.4. The summed E-state index contributed by atoms with van der Waals surface area (Å²) in [5.41, 5.74) is 5.45. The maximum absolute atomic E-state index is 11.3. The zero-order valence-electron chi connectivity index (χ0n) is 43.6. The summed E-state index contributed by atoms with van der Waals surface area (Å²) in [6.45, 7) is 0. The maximum Gasteiger partial charge on any atom is 0.125 e. The van der Waals surface area contributed by atoms with Crippen molar-refractivity contribution in [2.45, 2.75) is 153 Å². The molecular weight excluding hydrogens is 937 g/mol. The molecule has 4 aromatic rings. The summed E-state index contributed by atoms with van der Waals surface area (Å²) in [7, 11) is 0. The highest BCUT2D eigenvalue weighted by Crippen LogP contribution is 2.66. The number of rotatable bonds is 0. The van der Waals surface area contributed by atoms with Crippen molar-refractivity contribution < 1.29 is 20.4 Å². The molecule has 0 aromatic heterocycles. The van der Waals surface area contributed by atoms with Crippen molar-refractivity contribution in [3.05, 3.63) is 117 Å². The minimum Gasteiger partial charge on any atom is -0.507 e. The number of nitrogens with zero attached hydrogens (tertiary/aromatic N) is 4. The van der Waals surface area contributed by atoms with Gasteiger partial charge in [-0.05, 0) is 199 Å². The quantitative estimate of drug-likeness (QED) is 0.131. The van der Waals surface area contributed by atoms with E-state index in [1.54, 1.807) is 49.1 Å². The molecule has 8 heteroatoms. The predicted octanol–water partition coefficient (Wildman–Crippen LogP) is 12.5. The number of benzene rings is 4. The molecule has 4 N–H and O–H groups in total. The van der Waals surface area contributed by atoms with Crippen molar-refractivity contribution >= 4 is 24.9 Å². The highest BCUT2D eigenvalue weighted by atomic mass is 16.3. The molecule has 24 rings (SSSR count). The molecule has 384 valence electrons. The molecule has 10 aliphatic carbocycles. The van der Waals surface area contributed by atoms with Crippen LogP contribution in [0.5, 0.6) is 23.0 Å². The Bertz CT molecular complexity index is 2910. The maximum atomic E-state index is 11.3. The van der Waals surface area contributed by atoms with E-state index in [4.69, 9.17) is 20.0 Å². The van der Waals surface area contributed by atoms with Crippen LogP contribution in [0.1, 0.15) is 173 Å². The standard InChI is InChI=1S/C68H68N4O4/c73-61-27-45-9-13-53(61)39-69-57-5-1-2-6-58(57)70-40-54-14-10-46(28-62(54)74)18-22-66-33-51-26-52(34-66)38-68(37-51,44-66)24-20-48-12-16-56(64(76)30-48)42-72-60-8-4-3-7-59(60)71-41-55-15-11-47(29-63(55)75)19-23-67-35-49-25-50(36-67)32-65(31-49,43-67)21-17-45/h9-16,27-30,39-42,49-52,57-60,73-76H,1-8,25-26,31-38,43-44H2/t49?,50?,51?,52?,57-,58-,59-,60-,65?,66?,67?,68?/m1/s1. The number of hydrogen-bond donors (Lipinski definition) is 4. The Kier molecular flexibility index (Phi) is 12.5. The molecule has 10 aliphatic heterocycles.